The van der Waals surface area contributed by atoms with Gasteiger partial charge in [0.2, 0.25) is 0 Å². The van der Waals surface area contributed by atoms with E-state index in [1.54, 1.807) is 13.1 Å². The highest BCUT2D eigenvalue weighted by Gasteiger charge is 2.40. The molecule has 0 radical (unpaired) electrons. The zero-order valence-corrected chi connectivity index (χ0v) is 24.4. The molecule has 1 fully saturated rings. The molecule has 1 aromatic carbocycles. The third-order valence-corrected chi connectivity index (χ3v) is 8.95. The number of hydrazine groups is 1. The van der Waals surface area contributed by atoms with Gasteiger partial charge in [-0.3, -0.25) is 4.90 Å². The lowest BCUT2D eigenvalue weighted by Crippen LogP contribution is -2.61. The SMILES string of the molecule is CN(O)CN1CCC(NC2CCNCC2)=C(C(C)(N)N2CCCc3cc(C4=CN(C)N(C)C4)c(C(F)F)cc32)C1. The van der Waals surface area contributed by atoms with Gasteiger partial charge in [-0.05, 0) is 74.5 Å². The Hall–Kier alpha value is -2.28. The summed E-state index contributed by atoms with van der Waals surface area (Å²) in [5.41, 5.74) is 12.1. The fraction of sp³-hybridized carbons (Fsp3) is 0.655. The van der Waals surface area contributed by atoms with Gasteiger partial charge in [-0.25, -0.2) is 13.8 Å². The van der Waals surface area contributed by atoms with Crippen molar-refractivity contribution in [2.45, 2.75) is 57.2 Å². The Kier molecular flexibility index (Phi) is 8.70. The Morgan fingerprint density at radius 2 is 1.93 bits per heavy atom. The van der Waals surface area contributed by atoms with Crippen molar-refractivity contribution in [3.63, 3.8) is 0 Å². The predicted octanol–water partition coefficient (Wildman–Crippen LogP) is 2.76. The van der Waals surface area contributed by atoms with Crippen LogP contribution in [0.25, 0.3) is 5.57 Å². The first-order valence-corrected chi connectivity index (χ1v) is 14.5. The number of fused-ring (bicyclic) bond motifs is 1. The number of nitrogens with two attached hydrogens (primary N) is 1. The van der Waals surface area contributed by atoms with Gasteiger partial charge >= 0.3 is 0 Å². The second kappa shape index (κ2) is 11.9. The maximum atomic E-state index is 14.6. The van der Waals surface area contributed by atoms with Crippen LogP contribution in [0, 0.1) is 0 Å². The molecule has 0 aromatic heterocycles. The van der Waals surface area contributed by atoms with Crippen LogP contribution in [0.3, 0.4) is 0 Å². The molecule has 1 atom stereocenters. The molecule has 4 aliphatic rings. The van der Waals surface area contributed by atoms with Crippen molar-refractivity contribution in [2.75, 3.05) is 72.0 Å². The number of aryl methyl sites for hydroxylation is 1. The van der Waals surface area contributed by atoms with E-state index in [2.05, 4.69) is 20.4 Å². The molecule has 11 heteroatoms. The van der Waals surface area contributed by atoms with Gasteiger partial charge in [0.25, 0.3) is 6.43 Å². The first kappa shape index (κ1) is 29.2. The second-order valence-corrected chi connectivity index (χ2v) is 12.0. The fourth-order valence-corrected chi connectivity index (χ4v) is 6.70. The van der Waals surface area contributed by atoms with Gasteiger partial charge in [-0.1, -0.05) is 0 Å². The minimum absolute atomic E-state index is 0.0607. The third-order valence-electron chi connectivity index (χ3n) is 8.95. The highest BCUT2D eigenvalue weighted by molar-refractivity contribution is 5.75. The summed E-state index contributed by atoms with van der Waals surface area (Å²) in [6, 6.07) is 4.06. The van der Waals surface area contributed by atoms with Crippen LogP contribution in [0.5, 0.6) is 0 Å². The number of rotatable bonds is 8. The molecule has 1 saturated heterocycles. The van der Waals surface area contributed by atoms with Crippen molar-refractivity contribution in [1.82, 2.24) is 30.6 Å². The fourth-order valence-electron chi connectivity index (χ4n) is 6.70. The molecule has 4 heterocycles. The molecule has 222 valence electrons. The minimum Gasteiger partial charge on any atom is -0.385 e. The van der Waals surface area contributed by atoms with E-state index < -0.39 is 12.1 Å². The molecule has 0 saturated carbocycles. The number of anilines is 1. The molecule has 0 spiro atoms. The molecule has 5 rings (SSSR count). The van der Waals surface area contributed by atoms with E-state index in [1.807, 2.05) is 43.3 Å². The molecule has 5 N–H and O–H groups in total. The van der Waals surface area contributed by atoms with Crippen LogP contribution in [0.4, 0.5) is 14.5 Å². The Labute approximate surface area is 237 Å². The van der Waals surface area contributed by atoms with Gasteiger partial charge in [0.1, 0.15) is 5.66 Å². The molecular formula is C29H46F2N8O. The number of likely N-dealkylation sites (N-methyl/N-ethyl adjacent to an activating group) is 1. The summed E-state index contributed by atoms with van der Waals surface area (Å²) in [6.45, 7) is 7.11. The number of nitrogens with one attached hydrogen (secondary N) is 2. The van der Waals surface area contributed by atoms with Gasteiger partial charge in [0, 0.05) is 88.5 Å². The third kappa shape index (κ3) is 6.00. The van der Waals surface area contributed by atoms with Gasteiger partial charge in [-0.15, -0.1) is 0 Å². The van der Waals surface area contributed by atoms with Crippen LogP contribution >= 0.6 is 0 Å². The number of halogens is 2. The summed E-state index contributed by atoms with van der Waals surface area (Å²) < 4.78 is 29.1. The van der Waals surface area contributed by atoms with Crippen LogP contribution in [0.2, 0.25) is 0 Å². The molecule has 0 bridgehead atoms. The lowest BCUT2D eigenvalue weighted by atomic mass is 9.87. The summed E-state index contributed by atoms with van der Waals surface area (Å²) >= 11 is 0. The minimum atomic E-state index is -2.59. The topological polar surface area (TPSA) is 86.5 Å². The van der Waals surface area contributed by atoms with E-state index in [1.165, 1.54) is 5.06 Å². The van der Waals surface area contributed by atoms with Crippen molar-refractivity contribution in [3.05, 3.63) is 46.3 Å². The van der Waals surface area contributed by atoms with Crippen molar-refractivity contribution in [1.29, 1.82) is 0 Å². The number of benzene rings is 1. The van der Waals surface area contributed by atoms with E-state index in [9.17, 15) is 14.0 Å². The summed E-state index contributed by atoms with van der Waals surface area (Å²) in [6.07, 6.45) is 3.99. The average Bonchev–Trinajstić information content (AvgIpc) is 3.26. The van der Waals surface area contributed by atoms with E-state index in [-0.39, 0.29) is 5.56 Å². The quantitative estimate of drug-likeness (QED) is 0.359. The normalized spacial score (nSPS) is 23.2. The van der Waals surface area contributed by atoms with Crippen LogP contribution in [0.15, 0.2) is 29.6 Å². The number of piperidine rings is 1. The zero-order chi connectivity index (χ0) is 28.6. The predicted molar refractivity (Wildman–Crippen MR) is 155 cm³/mol. The van der Waals surface area contributed by atoms with Crippen LogP contribution < -0.4 is 21.3 Å². The highest BCUT2D eigenvalue weighted by Crippen LogP contribution is 2.42. The molecule has 1 unspecified atom stereocenters. The van der Waals surface area contributed by atoms with Crippen LogP contribution in [-0.4, -0.2) is 104 Å². The lowest BCUT2D eigenvalue weighted by molar-refractivity contribution is -0.101. The Balaban J connectivity index is 1.53. The Morgan fingerprint density at radius 3 is 2.58 bits per heavy atom. The average molecular weight is 561 g/mol. The first-order chi connectivity index (χ1) is 19.0. The van der Waals surface area contributed by atoms with Crippen LogP contribution in [-0.2, 0) is 6.42 Å². The maximum Gasteiger partial charge on any atom is 0.264 e. The van der Waals surface area contributed by atoms with Crippen molar-refractivity contribution in [2.24, 2.45) is 5.73 Å². The molecule has 0 amide bonds. The van der Waals surface area contributed by atoms with Crippen molar-refractivity contribution >= 4 is 11.3 Å². The standard InChI is InChI=1S/C29H46F2N8O/c1-29(32,25-18-38(19-37(4)40)13-9-26(25)34-22-7-10-33-11-8-22)39-12-5-6-20-14-23(21-16-35(2)36(3)17-21)24(28(30)31)15-27(20)39/h14-16,22,28,33-34,40H,5-13,17-19,32H2,1-4H3. The second-order valence-electron chi connectivity index (χ2n) is 12.0. The number of hydrogen-bond acceptors (Lipinski definition) is 9. The number of alkyl halides is 2. The highest BCUT2D eigenvalue weighted by atomic mass is 19.3. The molecule has 0 aliphatic carbocycles. The van der Waals surface area contributed by atoms with E-state index in [0.717, 1.165) is 79.8 Å². The Bertz CT molecular complexity index is 1130. The number of nitrogens with zero attached hydrogens (tertiary/aromatic N) is 5. The molecule has 1 aromatic rings. The monoisotopic (exact) mass is 560 g/mol. The molecule has 40 heavy (non-hydrogen) atoms. The largest absolute Gasteiger partial charge is 0.385 e. The summed E-state index contributed by atoms with van der Waals surface area (Å²) in [4.78, 5) is 4.33. The van der Waals surface area contributed by atoms with E-state index in [0.29, 0.717) is 37.9 Å². The lowest BCUT2D eigenvalue weighted by Gasteiger charge is -2.48. The smallest absolute Gasteiger partial charge is 0.264 e. The summed E-state index contributed by atoms with van der Waals surface area (Å²) in [5.74, 6) is 0. The van der Waals surface area contributed by atoms with Gasteiger partial charge in [0.05, 0.1) is 6.67 Å². The summed E-state index contributed by atoms with van der Waals surface area (Å²) in [7, 11) is 5.53. The van der Waals surface area contributed by atoms with Gasteiger partial charge in [-0.2, -0.15) is 5.06 Å². The maximum absolute atomic E-state index is 14.6. The zero-order valence-electron chi connectivity index (χ0n) is 24.4. The van der Waals surface area contributed by atoms with Crippen molar-refractivity contribution < 1.29 is 14.0 Å². The first-order valence-electron chi connectivity index (χ1n) is 14.5. The van der Waals surface area contributed by atoms with E-state index >= 15 is 0 Å². The summed E-state index contributed by atoms with van der Waals surface area (Å²) in [5, 5.41) is 22.4. The Morgan fingerprint density at radius 1 is 1.18 bits per heavy atom. The molecule has 9 nitrogen and oxygen atoms in total. The number of hydrogen-bond donors (Lipinski definition) is 4. The van der Waals surface area contributed by atoms with Gasteiger partial charge in [0.15, 0.2) is 0 Å². The van der Waals surface area contributed by atoms with E-state index in [4.69, 9.17) is 5.73 Å². The van der Waals surface area contributed by atoms with Gasteiger partial charge < -0.3 is 31.5 Å². The molecular weight excluding hydrogens is 514 g/mol. The van der Waals surface area contributed by atoms with Crippen molar-refractivity contribution in [3.8, 4) is 0 Å². The van der Waals surface area contributed by atoms with Crippen LogP contribution in [0.1, 0.15) is 55.7 Å². The number of hydroxylamine groups is 2. The molecule has 4 aliphatic heterocycles.